The van der Waals surface area contributed by atoms with Crippen molar-refractivity contribution < 1.29 is 9.59 Å². The Hall–Kier alpha value is -2.41. The van der Waals surface area contributed by atoms with E-state index in [1.807, 2.05) is 11.9 Å². The highest BCUT2D eigenvalue weighted by molar-refractivity contribution is 7.07. The number of aryl methyl sites for hydroxylation is 1. The standard InChI is InChI=1S/C20H25N3O3S/c1-14-13-27-20(26)23(14)12-18(24)21-16-10-8-15(9-11-16)19(25)22(2)17-6-4-3-5-7-17/h8-11,13,17H,3-7,12H2,1-2H3,(H,21,24). The topological polar surface area (TPSA) is 71.4 Å². The number of carbonyl (C=O) groups excluding carboxylic acids is 2. The lowest BCUT2D eigenvalue weighted by Crippen LogP contribution is -2.38. The van der Waals surface area contributed by atoms with Gasteiger partial charge in [0.15, 0.2) is 0 Å². The van der Waals surface area contributed by atoms with Crippen molar-refractivity contribution in [2.75, 3.05) is 12.4 Å². The van der Waals surface area contributed by atoms with Gasteiger partial charge >= 0.3 is 4.87 Å². The summed E-state index contributed by atoms with van der Waals surface area (Å²) in [5, 5.41) is 4.51. The minimum absolute atomic E-state index is 0.0141. The zero-order valence-electron chi connectivity index (χ0n) is 15.7. The van der Waals surface area contributed by atoms with E-state index in [0.29, 0.717) is 17.3 Å². The van der Waals surface area contributed by atoms with Gasteiger partial charge in [0.05, 0.1) is 0 Å². The number of carbonyl (C=O) groups is 2. The first-order chi connectivity index (χ1) is 13.0. The van der Waals surface area contributed by atoms with Crippen LogP contribution in [-0.4, -0.2) is 34.4 Å². The highest BCUT2D eigenvalue weighted by Crippen LogP contribution is 2.23. The van der Waals surface area contributed by atoms with Gasteiger partial charge in [-0.15, -0.1) is 0 Å². The smallest absolute Gasteiger partial charge is 0.307 e. The molecule has 1 aromatic heterocycles. The zero-order chi connectivity index (χ0) is 19.4. The van der Waals surface area contributed by atoms with Crippen LogP contribution < -0.4 is 10.2 Å². The van der Waals surface area contributed by atoms with E-state index in [9.17, 15) is 14.4 Å². The molecule has 0 bridgehead atoms. The molecule has 1 aliphatic rings. The molecule has 0 radical (unpaired) electrons. The number of rotatable bonds is 5. The van der Waals surface area contributed by atoms with Gasteiger partial charge in [-0.2, -0.15) is 0 Å². The highest BCUT2D eigenvalue weighted by atomic mass is 32.1. The molecule has 0 unspecified atom stereocenters. The number of hydrogen-bond donors (Lipinski definition) is 1. The van der Waals surface area contributed by atoms with Crippen molar-refractivity contribution in [2.45, 2.75) is 51.6 Å². The molecule has 0 spiro atoms. The van der Waals surface area contributed by atoms with Crippen molar-refractivity contribution in [3.63, 3.8) is 0 Å². The summed E-state index contributed by atoms with van der Waals surface area (Å²) in [6, 6.07) is 7.24. The number of thiazole rings is 1. The third kappa shape index (κ3) is 4.66. The van der Waals surface area contributed by atoms with Gasteiger partial charge in [0.2, 0.25) is 5.91 Å². The van der Waals surface area contributed by atoms with Crippen molar-refractivity contribution in [3.05, 3.63) is 50.6 Å². The summed E-state index contributed by atoms with van der Waals surface area (Å²) in [5.74, 6) is -0.253. The quantitative estimate of drug-likeness (QED) is 0.856. The van der Waals surface area contributed by atoms with Gasteiger partial charge in [-0.05, 0) is 44.0 Å². The second-order valence-corrected chi connectivity index (χ2v) is 7.88. The minimum atomic E-state index is -0.267. The fourth-order valence-electron chi connectivity index (χ4n) is 3.47. The maximum atomic E-state index is 12.7. The number of nitrogens with zero attached hydrogens (tertiary/aromatic N) is 2. The molecule has 1 saturated carbocycles. The first-order valence-corrected chi connectivity index (χ1v) is 10.2. The van der Waals surface area contributed by atoms with E-state index in [1.165, 1.54) is 23.8 Å². The summed E-state index contributed by atoms with van der Waals surface area (Å²) in [4.78, 5) is 38.2. The second kappa shape index (κ2) is 8.52. The molecule has 0 saturated heterocycles. The first kappa shape index (κ1) is 19.4. The lowest BCUT2D eigenvalue weighted by molar-refractivity contribution is -0.116. The predicted molar refractivity (Wildman–Crippen MR) is 107 cm³/mol. The summed E-state index contributed by atoms with van der Waals surface area (Å²) in [5.41, 5.74) is 2.00. The van der Waals surface area contributed by atoms with Gasteiger partial charge in [0.25, 0.3) is 5.91 Å². The molecule has 1 aliphatic carbocycles. The molecule has 2 aromatic rings. The molecule has 27 heavy (non-hydrogen) atoms. The van der Waals surface area contributed by atoms with Crippen LogP contribution in [0, 0.1) is 6.92 Å². The molecule has 144 valence electrons. The van der Waals surface area contributed by atoms with Crippen molar-refractivity contribution >= 4 is 28.8 Å². The molecule has 0 aliphatic heterocycles. The Kier molecular flexibility index (Phi) is 6.11. The Bertz CT molecular complexity index is 863. The average molecular weight is 388 g/mol. The number of benzene rings is 1. The first-order valence-electron chi connectivity index (χ1n) is 9.27. The lowest BCUT2D eigenvalue weighted by Gasteiger charge is -2.31. The minimum Gasteiger partial charge on any atom is -0.339 e. The normalized spacial score (nSPS) is 14.7. The Morgan fingerprint density at radius 2 is 1.85 bits per heavy atom. The summed E-state index contributed by atoms with van der Waals surface area (Å²) in [7, 11) is 1.87. The van der Waals surface area contributed by atoms with Crippen LogP contribution in [0.1, 0.15) is 48.2 Å². The maximum Gasteiger partial charge on any atom is 0.307 e. The van der Waals surface area contributed by atoms with Crippen LogP contribution in [0.5, 0.6) is 0 Å². The lowest BCUT2D eigenvalue weighted by atomic mass is 9.94. The van der Waals surface area contributed by atoms with Gasteiger partial charge in [-0.3, -0.25) is 19.0 Å². The fourth-order valence-corrected chi connectivity index (χ4v) is 4.21. The molecule has 1 aromatic carbocycles. The molecule has 1 heterocycles. The van der Waals surface area contributed by atoms with E-state index in [4.69, 9.17) is 0 Å². The van der Waals surface area contributed by atoms with Gasteiger partial charge in [0, 0.05) is 35.4 Å². The molecule has 6 nitrogen and oxygen atoms in total. The molecule has 0 atom stereocenters. The maximum absolute atomic E-state index is 12.7. The van der Waals surface area contributed by atoms with Crippen LogP contribution >= 0.6 is 11.3 Å². The van der Waals surface area contributed by atoms with E-state index >= 15 is 0 Å². The molecule has 2 amide bonds. The van der Waals surface area contributed by atoms with E-state index in [1.54, 1.807) is 36.6 Å². The van der Waals surface area contributed by atoms with Crippen molar-refractivity contribution in [2.24, 2.45) is 0 Å². The molecule has 1 fully saturated rings. The van der Waals surface area contributed by atoms with E-state index in [-0.39, 0.29) is 23.2 Å². The number of hydrogen-bond acceptors (Lipinski definition) is 4. The summed E-state index contributed by atoms with van der Waals surface area (Å²) in [6.07, 6.45) is 5.75. The van der Waals surface area contributed by atoms with E-state index < -0.39 is 0 Å². The second-order valence-electron chi connectivity index (χ2n) is 7.06. The Morgan fingerprint density at radius 3 is 2.44 bits per heavy atom. The van der Waals surface area contributed by atoms with E-state index in [0.717, 1.165) is 29.9 Å². The van der Waals surface area contributed by atoms with Crippen LogP contribution in [0.25, 0.3) is 0 Å². The molecular formula is C20H25N3O3S. The van der Waals surface area contributed by atoms with Crippen LogP contribution in [0.3, 0.4) is 0 Å². The monoisotopic (exact) mass is 387 g/mol. The Morgan fingerprint density at radius 1 is 1.19 bits per heavy atom. The number of aromatic nitrogens is 1. The van der Waals surface area contributed by atoms with Gasteiger partial charge in [-0.25, -0.2) is 0 Å². The Labute approximate surface area is 162 Å². The van der Waals surface area contributed by atoms with Crippen LogP contribution in [0.4, 0.5) is 5.69 Å². The van der Waals surface area contributed by atoms with Crippen molar-refractivity contribution in [1.82, 2.24) is 9.47 Å². The van der Waals surface area contributed by atoms with Crippen LogP contribution in [-0.2, 0) is 11.3 Å². The number of anilines is 1. The van der Waals surface area contributed by atoms with Crippen molar-refractivity contribution in [1.29, 1.82) is 0 Å². The van der Waals surface area contributed by atoms with Gasteiger partial charge in [-0.1, -0.05) is 30.6 Å². The zero-order valence-corrected chi connectivity index (χ0v) is 16.6. The molecule has 1 N–H and O–H groups in total. The molecule has 3 rings (SSSR count). The Balaban J connectivity index is 1.60. The van der Waals surface area contributed by atoms with Gasteiger partial charge < -0.3 is 10.2 Å². The number of amides is 2. The summed E-state index contributed by atoms with van der Waals surface area (Å²) in [6.45, 7) is 1.79. The molecular weight excluding hydrogens is 362 g/mol. The third-order valence-corrected chi connectivity index (χ3v) is 6.02. The fraction of sp³-hybridized carbons (Fsp3) is 0.450. The summed E-state index contributed by atoms with van der Waals surface area (Å²) < 4.78 is 1.44. The van der Waals surface area contributed by atoms with Crippen molar-refractivity contribution in [3.8, 4) is 0 Å². The van der Waals surface area contributed by atoms with E-state index in [2.05, 4.69) is 5.32 Å². The predicted octanol–water partition coefficient (Wildman–Crippen LogP) is 3.26. The van der Waals surface area contributed by atoms with Crippen LogP contribution in [0.2, 0.25) is 0 Å². The molecule has 7 heteroatoms. The number of nitrogens with one attached hydrogen (secondary N) is 1. The van der Waals surface area contributed by atoms with Gasteiger partial charge in [0.1, 0.15) is 6.54 Å². The SMILES string of the molecule is Cc1csc(=O)n1CC(=O)Nc1ccc(C(=O)N(C)C2CCCCC2)cc1. The third-order valence-electron chi connectivity index (χ3n) is 5.14. The van der Waals surface area contributed by atoms with Crippen LogP contribution in [0.15, 0.2) is 34.4 Å². The highest BCUT2D eigenvalue weighted by Gasteiger charge is 2.22. The largest absolute Gasteiger partial charge is 0.339 e. The average Bonchev–Trinajstić information content (AvgIpc) is 3.00. The summed E-state index contributed by atoms with van der Waals surface area (Å²) >= 11 is 1.08.